The van der Waals surface area contributed by atoms with Crippen LogP contribution in [0.3, 0.4) is 0 Å². The zero-order chi connectivity index (χ0) is 28.8. The van der Waals surface area contributed by atoms with E-state index in [1.54, 1.807) is 30.3 Å². The minimum Gasteiger partial charge on any atom is -0.464 e. The monoisotopic (exact) mass is 568 g/mol. The molecule has 3 rings (SSSR count). The van der Waals surface area contributed by atoms with Gasteiger partial charge in [-0.3, -0.25) is 23.7 Å². The number of carbonyl (C=O) groups is 1. The van der Waals surface area contributed by atoms with E-state index >= 15 is 0 Å². The average molecular weight is 569 g/mol. The molecule has 0 bridgehead atoms. The van der Waals surface area contributed by atoms with E-state index in [0.717, 1.165) is 23.5 Å². The summed E-state index contributed by atoms with van der Waals surface area (Å²) in [5.74, 6) is -0.217. The maximum absolute atomic E-state index is 13.8. The van der Waals surface area contributed by atoms with Crippen LogP contribution >= 0.6 is 7.75 Å². The predicted molar refractivity (Wildman–Crippen MR) is 142 cm³/mol. The fraction of sp³-hybridized carbons (Fsp3) is 0.560. The van der Waals surface area contributed by atoms with Crippen LogP contribution in [0.25, 0.3) is 0 Å². The molecule has 1 fully saturated rings. The van der Waals surface area contributed by atoms with Crippen molar-refractivity contribution in [1.29, 1.82) is 0 Å². The van der Waals surface area contributed by atoms with Gasteiger partial charge in [0.1, 0.15) is 24.0 Å². The zero-order valence-electron chi connectivity index (χ0n) is 22.4. The molecule has 2 aromatic rings. The summed E-state index contributed by atoms with van der Waals surface area (Å²) < 4.78 is 37.3. The third-order valence-electron chi connectivity index (χ3n) is 6.63. The molecule has 1 aromatic carbocycles. The first kappa shape index (κ1) is 30.7. The molecule has 14 heteroatoms. The summed E-state index contributed by atoms with van der Waals surface area (Å²) in [5.41, 5.74) is 3.43. The van der Waals surface area contributed by atoms with E-state index in [0.29, 0.717) is 0 Å². The Morgan fingerprint density at radius 3 is 2.54 bits per heavy atom. The summed E-state index contributed by atoms with van der Waals surface area (Å²) in [6, 6.07) is 8.26. The molecule has 1 aliphatic rings. The minimum absolute atomic E-state index is 0.208. The number of para-hydroxylation sites is 1. The van der Waals surface area contributed by atoms with Crippen LogP contribution in [-0.4, -0.2) is 57.6 Å². The molecule has 2 heterocycles. The van der Waals surface area contributed by atoms with Gasteiger partial charge < -0.3 is 24.8 Å². The van der Waals surface area contributed by atoms with Crippen LogP contribution < -0.4 is 26.6 Å². The summed E-state index contributed by atoms with van der Waals surface area (Å²) in [7, 11) is -4.24. The van der Waals surface area contributed by atoms with Gasteiger partial charge in [-0.25, -0.2) is 9.36 Å². The molecule has 5 N–H and O–H groups in total. The zero-order valence-corrected chi connectivity index (χ0v) is 23.3. The van der Waals surface area contributed by atoms with Crippen molar-refractivity contribution in [1.82, 2.24) is 14.6 Å². The fourth-order valence-electron chi connectivity index (χ4n) is 4.06. The number of nitrogens with two attached hydrogens (primary N) is 1. The van der Waals surface area contributed by atoms with Crippen LogP contribution in [-0.2, 0) is 23.4 Å². The lowest BCUT2D eigenvalue weighted by Gasteiger charge is -2.28. The molecule has 6 atom stereocenters. The molecule has 216 valence electrons. The third-order valence-corrected chi connectivity index (χ3v) is 8.27. The van der Waals surface area contributed by atoms with Gasteiger partial charge in [-0.2, -0.15) is 5.09 Å². The first-order valence-electron chi connectivity index (χ1n) is 12.8. The van der Waals surface area contributed by atoms with Crippen LogP contribution in [0.1, 0.15) is 46.8 Å². The maximum atomic E-state index is 13.8. The summed E-state index contributed by atoms with van der Waals surface area (Å²) in [6.45, 7) is 6.69. The Bertz CT molecular complexity index is 1260. The van der Waals surface area contributed by atoms with Crippen molar-refractivity contribution in [2.75, 3.05) is 13.2 Å². The second kappa shape index (κ2) is 13.0. The van der Waals surface area contributed by atoms with E-state index in [9.17, 15) is 24.1 Å². The number of aliphatic hydroxyl groups is 1. The highest BCUT2D eigenvalue weighted by molar-refractivity contribution is 7.52. The number of hydrogen-bond acceptors (Lipinski definition) is 10. The molecule has 2 unspecified atom stereocenters. The second-order valence-electron chi connectivity index (χ2n) is 9.72. The second-order valence-corrected chi connectivity index (χ2v) is 11.4. The lowest BCUT2D eigenvalue weighted by atomic mass is 9.93. The molecule has 13 nitrogen and oxygen atoms in total. The van der Waals surface area contributed by atoms with Gasteiger partial charge in [0.15, 0.2) is 6.23 Å². The number of aliphatic hydroxyl groups excluding tert-OH is 1. The average Bonchev–Trinajstić information content (AvgIpc) is 3.12. The molecule has 0 aliphatic carbocycles. The van der Waals surface area contributed by atoms with Crippen LogP contribution in [0, 0.1) is 5.92 Å². The molecule has 0 spiro atoms. The number of benzene rings is 1. The molecule has 0 saturated carbocycles. The van der Waals surface area contributed by atoms with Gasteiger partial charge in [-0.15, -0.1) is 0 Å². The first-order valence-corrected chi connectivity index (χ1v) is 14.3. The van der Waals surface area contributed by atoms with Crippen molar-refractivity contribution < 1.29 is 33.0 Å². The molecular weight excluding hydrogens is 531 g/mol. The van der Waals surface area contributed by atoms with E-state index in [2.05, 4.69) is 10.1 Å². The Hall–Kier alpha value is -2.80. The summed E-state index contributed by atoms with van der Waals surface area (Å²) in [5, 5.41) is 13.5. The van der Waals surface area contributed by atoms with Crippen LogP contribution in [0.15, 0.2) is 52.2 Å². The minimum atomic E-state index is -4.24. The SMILES string of the molecule is CCC(CC)COC(=O)[C@H](C)NP(=O)(OCC1O[C@@H](n2ccc(=O)[nH]c2=O)[C@](C)(N)[C@@H]1O)Oc1ccccc1. The number of aromatic nitrogens is 2. The molecular formula is C25H37N4O9P. The van der Waals surface area contributed by atoms with Gasteiger partial charge in [-0.05, 0) is 31.9 Å². The number of carbonyl (C=O) groups excluding carboxylic acids is 1. The number of aromatic amines is 1. The lowest BCUT2D eigenvalue weighted by Crippen LogP contribution is -2.53. The number of ether oxygens (including phenoxy) is 2. The molecule has 1 aromatic heterocycles. The van der Waals surface area contributed by atoms with E-state index in [-0.39, 0.29) is 18.3 Å². The van der Waals surface area contributed by atoms with Crippen molar-refractivity contribution in [3.8, 4) is 5.75 Å². The maximum Gasteiger partial charge on any atom is 0.459 e. The summed E-state index contributed by atoms with van der Waals surface area (Å²) in [4.78, 5) is 38.5. The third kappa shape index (κ3) is 7.65. The highest BCUT2D eigenvalue weighted by atomic mass is 31.2. The van der Waals surface area contributed by atoms with Crippen molar-refractivity contribution in [3.63, 3.8) is 0 Å². The smallest absolute Gasteiger partial charge is 0.459 e. The normalized spacial score (nSPS) is 25.3. The van der Waals surface area contributed by atoms with Crippen LogP contribution in [0.2, 0.25) is 0 Å². The van der Waals surface area contributed by atoms with Crippen molar-refractivity contribution in [2.24, 2.45) is 11.7 Å². The number of H-pyrrole nitrogens is 1. The van der Waals surface area contributed by atoms with Crippen molar-refractivity contribution >= 4 is 13.7 Å². The fourth-order valence-corrected chi connectivity index (χ4v) is 5.56. The van der Waals surface area contributed by atoms with Crippen molar-refractivity contribution in [2.45, 2.75) is 70.6 Å². The highest BCUT2D eigenvalue weighted by Gasteiger charge is 2.52. The summed E-state index contributed by atoms with van der Waals surface area (Å²) in [6.07, 6.45) is -0.788. The number of nitrogens with zero attached hydrogens (tertiary/aromatic N) is 1. The quantitative estimate of drug-likeness (QED) is 0.204. The largest absolute Gasteiger partial charge is 0.464 e. The van der Waals surface area contributed by atoms with Gasteiger partial charge in [0, 0.05) is 12.3 Å². The van der Waals surface area contributed by atoms with Crippen molar-refractivity contribution in [3.05, 3.63) is 63.4 Å². The lowest BCUT2D eigenvalue weighted by molar-refractivity contribution is -0.146. The summed E-state index contributed by atoms with van der Waals surface area (Å²) >= 11 is 0. The molecule has 0 radical (unpaired) electrons. The number of hydrogen-bond donors (Lipinski definition) is 4. The van der Waals surface area contributed by atoms with Crippen LogP contribution in [0.5, 0.6) is 5.75 Å². The molecule has 39 heavy (non-hydrogen) atoms. The first-order chi connectivity index (χ1) is 18.4. The van der Waals surface area contributed by atoms with E-state index in [4.69, 9.17) is 24.3 Å². The standard InChI is InChI=1S/C25H37N4O9P/c1-5-17(6-2)14-35-22(32)16(3)28-39(34,38-18-10-8-7-9-11-18)36-15-19-21(31)25(4,26)23(37-19)29-13-12-20(30)27-24(29)33/h7-13,16-17,19,21,23,31H,5-6,14-15,26H2,1-4H3,(H,28,34)(H,27,30,33)/t16-,19?,21+,23+,25+,39?/m0/s1. The Labute approximate surface area is 226 Å². The topological polar surface area (TPSA) is 184 Å². The molecule has 1 saturated heterocycles. The van der Waals surface area contributed by atoms with Gasteiger partial charge in [0.25, 0.3) is 5.56 Å². The Kier molecular flexibility index (Phi) is 10.3. The van der Waals surface area contributed by atoms with Gasteiger partial charge in [0.2, 0.25) is 0 Å². The number of rotatable bonds is 13. The van der Waals surface area contributed by atoms with E-state index in [1.165, 1.54) is 20.0 Å². The van der Waals surface area contributed by atoms with Crippen LogP contribution in [0.4, 0.5) is 0 Å². The molecule has 0 amide bonds. The van der Waals surface area contributed by atoms with E-state index in [1.807, 2.05) is 13.8 Å². The molecule has 1 aliphatic heterocycles. The van der Waals surface area contributed by atoms with Gasteiger partial charge in [0.05, 0.1) is 18.8 Å². The van der Waals surface area contributed by atoms with Gasteiger partial charge >= 0.3 is 19.4 Å². The number of nitrogens with one attached hydrogen (secondary N) is 2. The van der Waals surface area contributed by atoms with Gasteiger partial charge in [-0.1, -0.05) is 44.9 Å². The number of esters is 1. The Balaban J connectivity index is 1.76. The van der Waals surface area contributed by atoms with E-state index < -0.39 is 61.6 Å². The predicted octanol–water partition coefficient (Wildman–Crippen LogP) is 1.67. The Morgan fingerprint density at radius 2 is 1.92 bits per heavy atom. The Morgan fingerprint density at radius 1 is 1.26 bits per heavy atom. The highest BCUT2D eigenvalue weighted by Crippen LogP contribution is 2.46.